The molecule has 4 heteroatoms. The molecule has 0 fully saturated rings. The number of benzene rings is 1. The van der Waals surface area contributed by atoms with Gasteiger partial charge in [0.1, 0.15) is 5.82 Å². The second kappa shape index (κ2) is 6.39. The van der Waals surface area contributed by atoms with Crippen molar-refractivity contribution in [2.75, 3.05) is 0 Å². The van der Waals surface area contributed by atoms with Crippen LogP contribution >= 0.6 is 0 Å². The third-order valence-electron chi connectivity index (χ3n) is 3.81. The van der Waals surface area contributed by atoms with Crippen molar-refractivity contribution in [3.63, 3.8) is 0 Å². The van der Waals surface area contributed by atoms with Gasteiger partial charge >= 0.3 is 0 Å². The molecular weight excluding hydrogens is 326 g/mol. The number of aromatic amines is 1. The zero-order valence-corrected chi connectivity index (χ0v) is 14.2. The zero-order chi connectivity index (χ0) is 14.1. The van der Waals surface area contributed by atoms with Gasteiger partial charge in [-0.25, -0.2) is 9.55 Å². The Hall–Kier alpha value is -1.68. The molecule has 2 heterocycles. The molecule has 0 unspecified atom stereocenters. The van der Waals surface area contributed by atoms with Gasteiger partial charge in [0.25, 0.3) is 0 Å². The van der Waals surface area contributed by atoms with Crippen molar-refractivity contribution < 1.29 is 21.5 Å². The Morgan fingerprint density at radius 1 is 1.05 bits per heavy atom. The van der Waals surface area contributed by atoms with E-state index < -0.39 is 0 Å². The van der Waals surface area contributed by atoms with Crippen LogP contribution in [0, 0.1) is 20.8 Å². The topological polar surface area (TPSA) is 32.6 Å². The summed E-state index contributed by atoms with van der Waals surface area (Å²) < 4.78 is 2.19. The van der Waals surface area contributed by atoms with Crippen LogP contribution in [0.1, 0.15) is 22.5 Å². The monoisotopic (exact) mass is 345 g/mol. The maximum Gasteiger partial charge on any atom is 0.169 e. The number of rotatable bonds is 3. The van der Waals surface area contributed by atoms with Gasteiger partial charge in [-0.3, -0.25) is 0 Å². The normalized spacial score (nSPS) is 10.6. The largest absolute Gasteiger partial charge is 1.00 e. The van der Waals surface area contributed by atoms with E-state index in [1.807, 2.05) is 0 Å². The van der Waals surface area contributed by atoms with Crippen molar-refractivity contribution in [3.05, 3.63) is 59.2 Å². The van der Waals surface area contributed by atoms with Crippen molar-refractivity contribution in [3.8, 4) is 0 Å². The first-order valence-electron chi connectivity index (χ1n) is 7.03. The molecule has 1 N–H and O–H groups in total. The predicted molar refractivity (Wildman–Crippen MR) is 80.6 cm³/mol. The number of pyridine rings is 1. The minimum absolute atomic E-state index is 0. The summed E-state index contributed by atoms with van der Waals surface area (Å²) in [7, 11) is 0. The lowest BCUT2D eigenvalue weighted by Gasteiger charge is -1.97. The molecule has 1 aromatic carbocycles. The molecule has 0 spiro atoms. The van der Waals surface area contributed by atoms with Gasteiger partial charge in [0, 0.05) is 12.1 Å². The number of nitrogens with one attached hydrogen (secondary N) is 1. The smallest absolute Gasteiger partial charge is 0.169 e. The average molecular weight is 346 g/mol. The lowest BCUT2D eigenvalue weighted by molar-refractivity contribution is -0.696. The van der Waals surface area contributed by atoms with E-state index in [1.165, 1.54) is 16.7 Å². The first-order valence-corrected chi connectivity index (χ1v) is 7.03. The molecule has 2 aromatic heterocycles. The average Bonchev–Trinajstić information content (AvgIpc) is 2.80. The van der Waals surface area contributed by atoms with Crippen molar-refractivity contribution in [1.82, 2.24) is 9.97 Å². The van der Waals surface area contributed by atoms with Gasteiger partial charge in [-0.2, -0.15) is 0 Å². The Bertz CT molecular complexity index is 706. The molecule has 0 bridgehead atoms. The Kier molecular flexibility index (Phi) is 4.78. The van der Waals surface area contributed by atoms with Crippen LogP contribution in [0.2, 0.25) is 0 Å². The molecule has 0 saturated carbocycles. The summed E-state index contributed by atoms with van der Waals surface area (Å²) in [6, 6.07) is 8.60. The molecule has 110 valence electrons. The van der Waals surface area contributed by atoms with Crippen molar-refractivity contribution in [2.24, 2.45) is 0 Å². The summed E-state index contributed by atoms with van der Waals surface area (Å²) in [6.45, 7) is 7.31. The number of aryl methyl sites for hydroxylation is 5. The summed E-state index contributed by atoms with van der Waals surface area (Å²) in [5.74, 6) is 1.05. The number of aromatic nitrogens is 3. The molecule has 0 amide bonds. The molecule has 3 nitrogen and oxygen atoms in total. The van der Waals surface area contributed by atoms with Gasteiger partial charge in [-0.1, -0.05) is 0 Å². The highest BCUT2D eigenvalue weighted by Crippen LogP contribution is 2.17. The molecule has 21 heavy (non-hydrogen) atoms. The van der Waals surface area contributed by atoms with E-state index in [0.29, 0.717) is 0 Å². The van der Waals surface area contributed by atoms with Crippen LogP contribution in [0.25, 0.3) is 11.0 Å². The Labute approximate surface area is 135 Å². The van der Waals surface area contributed by atoms with E-state index in [1.54, 1.807) is 0 Å². The Balaban J connectivity index is 0.00000161. The number of hydrogen-bond donors (Lipinski definition) is 1. The quantitative estimate of drug-likeness (QED) is 0.667. The van der Waals surface area contributed by atoms with Gasteiger partial charge in [-0.05, 0) is 49.6 Å². The van der Waals surface area contributed by atoms with Crippen molar-refractivity contribution in [1.29, 1.82) is 0 Å². The fourth-order valence-electron chi connectivity index (χ4n) is 2.36. The number of imidazole rings is 1. The van der Waals surface area contributed by atoms with Crippen LogP contribution in [-0.2, 0) is 13.0 Å². The third kappa shape index (κ3) is 3.50. The molecule has 3 rings (SSSR count). The maximum absolute atomic E-state index is 4.68. The highest BCUT2D eigenvalue weighted by Gasteiger charge is 2.07. The highest BCUT2D eigenvalue weighted by molar-refractivity contribution is 5.77. The standard InChI is InChI=1S/C17H20N3.BrH/c1-12-4-7-20(8-5-12)9-6-17-18-15-10-13(2)14(3)11-16(15)19-17;/h4-5,7-8,10-11H,6,9H2,1-3H3,(H,18,19);1H/q+1;/p-1. The summed E-state index contributed by atoms with van der Waals surface area (Å²) >= 11 is 0. The Morgan fingerprint density at radius 2 is 1.71 bits per heavy atom. The van der Waals surface area contributed by atoms with Crippen LogP contribution in [0.5, 0.6) is 0 Å². The number of halogens is 1. The summed E-state index contributed by atoms with van der Waals surface area (Å²) in [4.78, 5) is 8.10. The van der Waals surface area contributed by atoms with Crippen LogP contribution in [0.15, 0.2) is 36.7 Å². The third-order valence-corrected chi connectivity index (χ3v) is 3.81. The molecule has 0 radical (unpaired) electrons. The number of hydrogen-bond acceptors (Lipinski definition) is 1. The van der Waals surface area contributed by atoms with Gasteiger partial charge in [-0.15, -0.1) is 0 Å². The SMILES string of the molecule is Cc1cc[n+](CCc2nc3cc(C)c(C)cc3[nH]2)cc1.[Br-]. The highest BCUT2D eigenvalue weighted by atomic mass is 79.9. The van der Waals surface area contributed by atoms with Crippen molar-refractivity contribution >= 4 is 11.0 Å². The van der Waals surface area contributed by atoms with Gasteiger partial charge in [0.2, 0.25) is 0 Å². The number of fused-ring (bicyclic) bond motifs is 1. The molecule has 0 aliphatic heterocycles. The summed E-state index contributed by atoms with van der Waals surface area (Å²) in [6.07, 6.45) is 5.15. The predicted octanol–water partition coefficient (Wildman–Crippen LogP) is 0.0224. The lowest BCUT2D eigenvalue weighted by atomic mass is 10.1. The van der Waals surface area contributed by atoms with Crippen LogP contribution in [0.4, 0.5) is 0 Å². The maximum atomic E-state index is 4.68. The molecule has 3 aromatic rings. The molecule has 0 aliphatic rings. The second-order valence-corrected chi connectivity index (χ2v) is 5.50. The lowest BCUT2D eigenvalue weighted by Crippen LogP contribution is -3.00. The van der Waals surface area contributed by atoms with E-state index in [2.05, 4.69) is 72.0 Å². The van der Waals surface area contributed by atoms with E-state index in [4.69, 9.17) is 0 Å². The van der Waals surface area contributed by atoms with Gasteiger partial charge in [0.15, 0.2) is 18.9 Å². The van der Waals surface area contributed by atoms with Crippen LogP contribution in [-0.4, -0.2) is 9.97 Å². The van der Waals surface area contributed by atoms with E-state index >= 15 is 0 Å². The minimum atomic E-state index is 0. The van der Waals surface area contributed by atoms with Gasteiger partial charge in [0.05, 0.1) is 17.5 Å². The fourth-order valence-corrected chi connectivity index (χ4v) is 2.36. The van der Waals surface area contributed by atoms with Crippen LogP contribution in [0.3, 0.4) is 0 Å². The second-order valence-electron chi connectivity index (χ2n) is 5.50. The number of H-pyrrole nitrogens is 1. The molecule has 0 aliphatic carbocycles. The summed E-state index contributed by atoms with van der Waals surface area (Å²) in [5.41, 5.74) is 6.09. The summed E-state index contributed by atoms with van der Waals surface area (Å²) in [5, 5.41) is 0. The van der Waals surface area contributed by atoms with E-state index in [9.17, 15) is 0 Å². The molecular formula is C17H20BrN3. The van der Waals surface area contributed by atoms with E-state index in [-0.39, 0.29) is 17.0 Å². The molecule has 0 atom stereocenters. The number of nitrogens with zero attached hydrogens (tertiary/aromatic N) is 2. The Morgan fingerprint density at radius 3 is 2.43 bits per heavy atom. The van der Waals surface area contributed by atoms with Crippen LogP contribution < -0.4 is 21.5 Å². The van der Waals surface area contributed by atoms with E-state index in [0.717, 1.165) is 29.8 Å². The van der Waals surface area contributed by atoms with Crippen molar-refractivity contribution in [2.45, 2.75) is 33.7 Å². The minimum Gasteiger partial charge on any atom is -1.00 e. The first kappa shape index (κ1) is 15.7. The molecule has 0 saturated heterocycles. The zero-order valence-electron chi connectivity index (χ0n) is 12.7. The van der Waals surface area contributed by atoms with Gasteiger partial charge < -0.3 is 22.0 Å². The fraction of sp³-hybridized carbons (Fsp3) is 0.294. The first-order chi connectivity index (χ1) is 9.61.